The molecule has 0 N–H and O–H groups in total. The van der Waals surface area contributed by atoms with Gasteiger partial charge in [-0.05, 0) is 64.3 Å². The monoisotopic (exact) mass is 396 g/mol. The third-order valence-electron chi connectivity index (χ3n) is 3.75. The summed E-state index contributed by atoms with van der Waals surface area (Å²) in [5, 5.41) is 0. The van der Waals surface area contributed by atoms with Gasteiger partial charge in [0.2, 0.25) is 0 Å². The number of halogens is 1. The summed E-state index contributed by atoms with van der Waals surface area (Å²) in [6.07, 6.45) is 0. The topological polar surface area (TPSA) is 18.5 Å². The fourth-order valence-corrected chi connectivity index (χ4v) is 2.71. The van der Waals surface area contributed by atoms with Crippen molar-refractivity contribution >= 4 is 22.6 Å². The molecular formula is C18H21IO2. The van der Waals surface area contributed by atoms with Crippen molar-refractivity contribution in [2.24, 2.45) is 5.92 Å². The molecule has 1 atom stereocenters. The Morgan fingerprint density at radius 2 is 1.67 bits per heavy atom. The Bertz CT molecular complexity index is 608. The highest BCUT2D eigenvalue weighted by Crippen LogP contribution is 2.32. The number of hydrogen-bond donors (Lipinski definition) is 0. The minimum Gasteiger partial charge on any atom is -0.497 e. The summed E-state index contributed by atoms with van der Waals surface area (Å²) in [5.41, 5.74) is 1.35. The molecule has 1 unspecified atom stereocenters. The molecule has 0 spiro atoms. The number of hydrogen-bond acceptors (Lipinski definition) is 2. The third kappa shape index (κ3) is 4.13. The highest BCUT2D eigenvalue weighted by atomic mass is 127. The molecule has 0 aromatic heterocycles. The van der Waals surface area contributed by atoms with Crippen molar-refractivity contribution in [2.75, 3.05) is 7.11 Å². The van der Waals surface area contributed by atoms with Gasteiger partial charge in [-0.25, -0.2) is 0 Å². The molecule has 0 saturated heterocycles. The Kier molecular flexibility index (Phi) is 5.51. The van der Waals surface area contributed by atoms with Crippen LogP contribution in [0.25, 0.3) is 0 Å². The SMILES string of the molecule is COc1cccc(Oc2ccc(C(C)C(C)C)cc2I)c1. The van der Waals surface area contributed by atoms with Gasteiger partial charge in [0.1, 0.15) is 17.2 Å². The molecule has 0 saturated carbocycles. The first-order valence-corrected chi connectivity index (χ1v) is 8.20. The Hall–Kier alpha value is -1.23. The van der Waals surface area contributed by atoms with Crippen molar-refractivity contribution < 1.29 is 9.47 Å². The summed E-state index contributed by atoms with van der Waals surface area (Å²) >= 11 is 2.33. The standard InChI is InChI=1S/C18H21IO2/c1-12(2)13(3)14-8-9-18(17(19)10-14)21-16-7-5-6-15(11-16)20-4/h5-13H,1-4H3. The van der Waals surface area contributed by atoms with Gasteiger partial charge in [-0.1, -0.05) is 32.9 Å². The van der Waals surface area contributed by atoms with Gasteiger partial charge in [0.15, 0.2) is 0 Å². The van der Waals surface area contributed by atoms with Gasteiger partial charge in [0.25, 0.3) is 0 Å². The molecule has 112 valence electrons. The largest absolute Gasteiger partial charge is 0.497 e. The van der Waals surface area contributed by atoms with Crippen molar-refractivity contribution in [3.05, 3.63) is 51.6 Å². The molecule has 2 aromatic rings. The third-order valence-corrected chi connectivity index (χ3v) is 4.59. The van der Waals surface area contributed by atoms with Gasteiger partial charge in [0.05, 0.1) is 10.7 Å². The van der Waals surface area contributed by atoms with Crippen LogP contribution < -0.4 is 9.47 Å². The van der Waals surface area contributed by atoms with E-state index < -0.39 is 0 Å². The summed E-state index contributed by atoms with van der Waals surface area (Å²) < 4.78 is 12.3. The molecular weight excluding hydrogens is 375 g/mol. The lowest BCUT2D eigenvalue weighted by Crippen LogP contribution is -2.02. The maximum atomic E-state index is 5.96. The van der Waals surface area contributed by atoms with Crippen molar-refractivity contribution in [2.45, 2.75) is 26.7 Å². The number of ether oxygens (including phenoxy) is 2. The summed E-state index contributed by atoms with van der Waals surface area (Å²) in [6.45, 7) is 6.76. The van der Waals surface area contributed by atoms with Crippen LogP contribution >= 0.6 is 22.6 Å². The molecule has 0 aliphatic rings. The second-order valence-electron chi connectivity index (χ2n) is 5.50. The van der Waals surface area contributed by atoms with Crippen LogP contribution in [0.2, 0.25) is 0 Å². The van der Waals surface area contributed by atoms with E-state index in [2.05, 4.69) is 61.6 Å². The van der Waals surface area contributed by atoms with Gasteiger partial charge in [-0.2, -0.15) is 0 Å². The molecule has 2 rings (SSSR count). The Balaban J connectivity index is 2.21. The van der Waals surface area contributed by atoms with Crippen molar-refractivity contribution in [3.8, 4) is 17.2 Å². The predicted octanol–water partition coefficient (Wildman–Crippen LogP) is 5.85. The molecule has 0 amide bonds. The first kappa shape index (κ1) is 16.1. The van der Waals surface area contributed by atoms with Gasteiger partial charge in [-0.3, -0.25) is 0 Å². The minimum absolute atomic E-state index is 0.546. The van der Waals surface area contributed by atoms with E-state index in [9.17, 15) is 0 Å². The average Bonchev–Trinajstić information content (AvgIpc) is 2.48. The quantitative estimate of drug-likeness (QED) is 0.590. The molecule has 0 heterocycles. The van der Waals surface area contributed by atoms with E-state index in [1.54, 1.807) is 7.11 Å². The summed E-state index contributed by atoms with van der Waals surface area (Å²) in [6, 6.07) is 14.1. The maximum absolute atomic E-state index is 5.96. The second kappa shape index (κ2) is 7.16. The lowest BCUT2D eigenvalue weighted by Gasteiger charge is -2.17. The van der Waals surface area contributed by atoms with E-state index in [0.717, 1.165) is 20.8 Å². The minimum atomic E-state index is 0.546. The molecule has 0 aliphatic carbocycles. The van der Waals surface area contributed by atoms with E-state index in [-0.39, 0.29) is 0 Å². The van der Waals surface area contributed by atoms with Gasteiger partial charge >= 0.3 is 0 Å². The summed E-state index contributed by atoms with van der Waals surface area (Å²) in [5.74, 6) is 3.64. The number of methoxy groups -OCH3 is 1. The van der Waals surface area contributed by atoms with Gasteiger partial charge in [0, 0.05) is 6.07 Å². The number of benzene rings is 2. The van der Waals surface area contributed by atoms with Crippen LogP contribution in [0.4, 0.5) is 0 Å². The molecule has 0 radical (unpaired) electrons. The van der Waals surface area contributed by atoms with E-state index in [1.165, 1.54) is 5.56 Å². The molecule has 0 fully saturated rings. The fraction of sp³-hybridized carbons (Fsp3) is 0.333. The molecule has 0 aliphatic heterocycles. The number of rotatable bonds is 5. The van der Waals surface area contributed by atoms with Crippen LogP contribution in [0.1, 0.15) is 32.3 Å². The highest BCUT2D eigenvalue weighted by molar-refractivity contribution is 14.1. The smallest absolute Gasteiger partial charge is 0.140 e. The van der Waals surface area contributed by atoms with Crippen LogP contribution in [0.3, 0.4) is 0 Å². The Labute approximate surface area is 140 Å². The first-order chi connectivity index (χ1) is 10.0. The average molecular weight is 396 g/mol. The first-order valence-electron chi connectivity index (χ1n) is 7.12. The molecule has 2 aromatic carbocycles. The Morgan fingerprint density at radius 3 is 2.29 bits per heavy atom. The highest BCUT2D eigenvalue weighted by Gasteiger charge is 2.12. The zero-order chi connectivity index (χ0) is 15.4. The lowest BCUT2D eigenvalue weighted by molar-refractivity contribution is 0.408. The van der Waals surface area contributed by atoms with Crippen molar-refractivity contribution in [1.82, 2.24) is 0 Å². The summed E-state index contributed by atoms with van der Waals surface area (Å²) in [4.78, 5) is 0. The van der Waals surface area contributed by atoms with Crippen molar-refractivity contribution in [1.29, 1.82) is 0 Å². The lowest BCUT2D eigenvalue weighted by atomic mass is 9.90. The van der Waals surface area contributed by atoms with Crippen LogP contribution in [0, 0.1) is 9.49 Å². The van der Waals surface area contributed by atoms with E-state index in [0.29, 0.717) is 11.8 Å². The zero-order valence-corrected chi connectivity index (χ0v) is 15.0. The van der Waals surface area contributed by atoms with Crippen molar-refractivity contribution in [3.63, 3.8) is 0 Å². The summed E-state index contributed by atoms with van der Waals surface area (Å²) in [7, 11) is 1.66. The molecule has 2 nitrogen and oxygen atoms in total. The molecule has 21 heavy (non-hydrogen) atoms. The Morgan fingerprint density at radius 1 is 0.952 bits per heavy atom. The second-order valence-corrected chi connectivity index (χ2v) is 6.67. The van der Waals surface area contributed by atoms with Crippen LogP contribution in [-0.4, -0.2) is 7.11 Å². The van der Waals surface area contributed by atoms with Gasteiger partial charge in [-0.15, -0.1) is 0 Å². The zero-order valence-electron chi connectivity index (χ0n) is 12.9. The van der Waals surface area contributed by atoms with E-state index in [1.807, 2.05) is 24.3 Å². The van der Waals surface area contributed by atoms with E-state index >= 15 is 0 Å². The molecule has 0 bridgehead atoms. The van der Waals surface area contributed by atoms with Crippen LogP contribution in [-0.2, 0) is 0 Å². The normalized spacial score (nSPS) is 12.3. The van der Waals surface area contributed by atoms with E-state index in [4.69, 9.17) is 9.47 Å². The predicted molar refractivity (Wildman–Crippen MR) is 95.5 cm³/mol. The van der Waals surface area contributed by atoms with Crippen LogP contribution in [0.5, 0.6) is 17.2 Å². The maximum Gasteiger partial charge on any atom is 0.140 e. The fourth-order valence-electron chi connectivity index (χ4n) is 2.06. The van der Waals surface area contributed by atoms with Gasteiger partial charge < -0.3 is 9.47 Å². The molecule has 3 heteroatoms. The van der Waals surface area contributed by atoms with Crippen LogP contribution in [0.15, 0.2) is 42.5 Å².